The molecule has 0 spiro atoms. The molecule has 1 heterocycles. The predicted octanol–water partition coefficient (Wildman–Crippen LogP) is 1.03. The van der Waals surface area contributed by atoms with Gasteiger partial charge in [0, 0.05) is 38.1 Å². The molecule has 0 aromatic heterocycles. The molecule has 1 aromatic rings. The van der Waals surface area contributed by atoms with Crippen LogP contribution in [-0.4, -0.2) is 40.1 Å². The summed E-state index contributed by atoms with van der Waals surface area (Å²) in [6.45, 7) is 3.55. The second-order valence-electron chi connectivity index (χ2n) is 4.78. The average Bonchev–Trinajstić information content (AvgIpc) is 2.51. The molecule has 18 heavy (non-hydrogen) atoms. The minimum Gasteiger partial charge on any atom is -0.370 e. The van der Waals surface area contributed by atoms with Crippen LogP contribution in [0, 0.1) is 0 Å². The maximum atomic E-state index is 11.2. The number of anilines is 1. The Kier molecular flexibility index (Phi) is 4.24. The lowest BCUT2D eigenvalue weighted by Gasteiger charge is -2.24. The van der Waals surface area contributed by atoms with Crippen molar-refractivity contribution in [3.63, 3.8) is 0 Å². The van der Waals surface area contributed by atoms with Gasteiger partial charge in [0.05, 0.1) is 5.75 Å². The minimum atomic E-state index is -2.85. The minimum absolute atomic E-state index is 0.263. The van der Waals surface area contributed by atoms with E-state index in [0.29, 0.717) is 6.42 Å². The standard InChI is InChI=1S/C13H20N2O2S/c1-18(16,17)10-4-8-15-9-7-14-11-12-5-2-3-6-13(12)15/h2-3,5-6,14H,4,7-11H2,1H3. The SMILES string of the molecule is CS(=O)(=O)CCCN1CCNCc2ccccc21. The number of hydrogen-bond donors (Lipinski definition) is 1. The molecule has 5 heteroatoms. The lowest BCUT2D eigenvalue weighted by Crippen LogP contribution is -2.30. The van der Waals surface area contributed by atoms with Crippen molar-refractivity contribution in [1.82, 2.24) is 5.32 Å². The van der Waals surface area contributed by atoms with Crippen LogP contribution in [-0.2, 0) is 16.4 Å². The van der Waals surface area contributed by atoms with Crippen LogP contribution >= 0.6 is 0 Å². The van der Waals surface area contributed by atoms with Crippen LogP contribution in [0.1, 0.15) is 12.0 Å². The first kappa shape index (κ1) is 13.4. The van der Waals surface area contributed by atoms with Gasteiger partial charge in [-0.25, -0.2) is 8.42 Å². The Bertz CT molecular complexity index is 499. The molecule has 1 aliphatic rings. The molecular weight excluding hydrogens is 248 g/mol. The summed E-state index contributed by atoms with van der Waals surface area (Å²) < 4.78 is 22.3. The predicted molar refractivity (Wildman–Crippen MR) is 74.7 cm³/mol. The van der Waals surface area contributed by atoms with E-state index in [1.54, 1.807) is 0 Å². The molecule has 100 valence electrons. The summed E-state index contributed by atoms with van der Waals surface area (Å²) in [5.41, 5.74) is 2.52. The number of hydrogen-bond acceptors (Lipinski definition) is 4. The third-order valence-electron chi connectivity index (χ3n) is 3.15. The van der Waals surface area contributed by atoms with Crippen molar-refractivity contribution in [1.29, 1.82) is 0 Å². The van der Waals surface area contributed by atoms with Crippen LogP contribution in [0.3, 0.4) is 0 Å². The maximum Gasteiger partial charge on any atom is 0.147 e. The molecule has 0 bridgehead atoms. The highest BCUT2D eigenvalue weighted by molar-refractivity contribution is 7.90. The molecule has 4 nitrogen and oxygen atoms in total. The highest BCUT2D eigenvalue weighted by Crippen LogP contribution is 2.22. The van der Waals surface area contributed by atoms with Crippen LogP contribution in [0.15, 0.2) is 24.3 Å². The fraction of sp³-hybridized carbons (Fsp3) is 0.538. The van der Waals surface area contributed by atoms with Crippen molar-refractivity contribution < 1.29 is 8.42 Å². The lowest BCUT2D eigenvalue weighted by molar-refractivity contribution is 0.598. The molecule has 0 saturated carbocycles. The second kappa shape index (κ2) is 5.71. The van der Waals surface area contributed by atoms with E-state index in [0.717, 1.165) is 26.2 Å². The number of nitrogens with zero attached hydrogens (tertiary/aromatic N) is 1. The maximum absolute atomic E-state index is 11.2. The van der Waals surface area contributed by atoms with Crippen molar-refractivity contribution in [3.05, 3.63) is 29.8 Å². The molecule has 1 N–H and O–H groups in total. The van der Waals surface area contributed by atoms with Gasteiger partial charge in [-0.1, -0.05) is 18.2 Å². The summed E-state index contributed by atoms with van der Waals surface area (Å²) in [6, 6.07) is 8.31. The van der Waals surface area contributed by atoms with Crippen LogP contribution in [0.2, 0.25) is 0 Å². The van der Waals surface area contributed by atoms with Gasteiger partial charge >= 0.3 is 0 Å². The van der Waals surface area contributed by atoms with Crippen molar-refractivity contribution >= 4 is 15.5 Å². The number of benzene rings is 1. The van der Waals surface area contributed by atoms with Gasteiger partial charge in [-0.2, -0.15) is 0 Å². The fourth-order valence-electron chi connectivity index (χ4n) is 2.28. The monoisotopic (exact) mass is 268 g/mol. The summed E-state index contributed by atoms with van der Waals surface area (Å²) in [7, 11) is -2.85. The van der Waals surface area contributed by atoms with E-state index in [1.807, 2.05) is 12.1 Å². The van der Waals surface area contributed by atoms with Crippen molar-refractivity contribution in [2.75, 3.05) is 36.5 Å². The van der Waals surface area contributed by atoms with Gasteiger partial charge in [-0.3, -0.25) is 0 Å². The first-order valence-corrected chi connectivity index (χ1v) is 8.33. The Morgan fingerprint density at radius 1 is 1.33 bits per heavy atom. The van der Waals surface area contributed by atoms with Crippen molar-refractivity contribution in [2.45, 2.75) is 13.0 Å². The molecule has 1 aliphatic heterocycles. The van der Waals surface area contributed by atoms with E-state index in [9.17, 15) is 8.42 Å². The zero-order valence-corrected chi connectivity index (χ0v) is 11.5. The van der Waals surface area contributed by atoms with E-state index in [4.69, 9.17) is 0 Å². The van der Waals surface area contributed by atoms with Gasteiger partial charge in [0.2, 0.25) is 0 Å². The number of sulfone groups is 1. The van der Waals surface area contributed by atoms with E-state index in [1.165, 1.54) is 17.5 Å². The summed E-state index contributed by atoms with van der Waals surface area (Å²) in [5, 5.41) is 3.38. The molecular formula is C13H20N2O2S. The van der Waals surface area contributed by atoms with E-state index in [-0.39, 0.29) is 5.75 Å². The first-order valence-electron chi connectivity index (χ1n) is 6.27. The zero-order chi connectivity index (χ0) is 13.0. The van der Waals surface area contributed by atoms with Crippen LogP contribution in [0.25, 0.3) is 0 Å². The number of para-hydroxylation sites is 1. The quantitative estimate of drug-likeness (QED) is 0.886. The average molecular weight is 268 g/mol. The van der Waals surface area contributed by atoms with Gasteiger partial charge < -0.3 is 10.2 Å². The molecule has 0 unspecified atom stereocenters. The summed E-state index contributed by atoms with van der Waals surface area (Å²) in [4.78, 5) is 2.28. The molecule has 0 saturated heterocycles. The normalized spacial score (nSPS) is 16.2. The van der Waals surface area contributed by atoms with Crippen LogP contribution in [0.4, 0.5) is 5.69 Å². The van der Waals surface area contributed by atoms with E-state index in [2.05, 4.69) is 22.3 Å². The Hall–Kier alpha value is -1.07. The van der Waals surface area contributed by atoms with Gasteiger partial charge in [0.1, 0.15) is 9.84 Å². The smallest absolute Gasteiger partial charge is 0.147 e. The van der Waals surface area contributed by atoms with Crippen molar-refractivity contribution in [3.8, 4) is 0 Å². The molecule has 0 amide bonds. The molecule has 0 aliphatic carbocycles. The summed E-state index contributed by atoms with van der Waals surface area (Å²) >= 11 is 0. The lowest BCUT2D eigenvalue weighted by atomic mass is 10.1. The molecule has 0 atom stereocenters. The number of fused-ring (bicyclic) bond motifs is 1. The topological polar surface area (TPSA) is 49.4 Å². The molecule has 0 radical (unpaired) electrons. The Balaban J connectivity index is 2.04. The van der Waals surface area contributed by atoms with Gasteiger partial charge in [0.15, 0.2) is 0 Å². The fourth-order valence-corrected chi connectivity index (χ4v) is 2.93. The van der Waals surface area contributed by atoms with E-state index >= 15 is 0 Å². The van der Waals surface area contributed by atoms with Crippen molar-refractivity contribution in [2.24, 2.45) is 0 Å². The number of rotatable bonds is 4. The van der Waals surface area contributed by atoms with Gasteiger partial charge in [-0.05, 0) is 18.1 Å². The third-order valence-corrected chi connectivity index (χ3v) is 4.18. The molecule has 2 rings (SSSR count). The van der Waals surface area contributed by atoms with Gasteiger partial charge in [0.25, 0.3) is 0 Å². The Morgan fingerprint density at radius 3 is 2.89 bits per heavy atom. The van der Waals surface area contributed by atoms with E-state index < -0.39 is 9.84 Å². The number of nitrogens with one attached hydrogen (secondary N) is 1. The highest BCUT2D eigenvalue weighted by Gasteiger charge is 2.14. The second-order valence-corrected chi connectivity index (χ2v) is 7.04. The Labute approximate surface area is 109 Å². The largest absolute Gasteiger partial charge is 0.370 e. The zero-order valence-electron chi connectivity index (χ0n) is 10.7. The molecule has 0 fully saturated rings. The highest BCUT2D eigenvalue weighted by atomic mass is 32.2. The summed E-state index contributed by atoms with van der Waals surface area (Å²) in [5.74, 6) is 0.263. The first-order chi connectivity index (χ1) is 8.56. The van der Waals surface area contributed by atoms with Gasteiger partial charge in [-0.15, -0.1) is 0 Å². The molecule has 1 aromatic carbocycles. The Morgan fingerprint density at radius 2 is 2.11 bits per heavy atom. The van der Waals surface area contributed by atoms with Crippen LogP contribution in [0.5, 0.6) is 0 Å². The third kappa shape index (κ3) is 3.71. The summed E-state index contributed by atoms with van der Waals surface area (Å²) in [6.07, 6.45) is 1.98. The van der Waals surface area contributed by atoms with Crippen LogP contribution < -0.4 is 10.2 Å².